The van der Waals surface area contributed by atoms with Crippen LogP contribution in [-0.2, 0) is 11.3 Å². The number of hydrogen-bond acceptors (Lipinski definition) is 3. The van der Waals surface area contributed by atoms with Crippen LogP contribution in [0, 0.1) is 0 Å². The standard InChI is InChI=1S/C16H18N2O2/c1-20-14-9-5-6-12(10-14)11-18-15(16(17)19)13-7-3-2-4-8-13/h2-10,15,18H,11H2,1H3,(H2,17,19)/t15-/m1/s1. The molecule has 1 atom stereocenters. The molecule has 2 aromatic carbocycles. The molecule has 3 N–H and O–H groups in total. The molecular formula is C16H18N2O2. The molecule has 0 spiro atoms. The second-order valence-electron chi connectivity index (χ2n) is 4.48. The number of primary amides is 1. The average Bonchev–Trinajstić information content (AvgIpc) is 2.48. The fraction of sp³-hybridized carbons (Fsp3) is 0.188. The van der Waals surface area contributed by atoms with E-state index in [0.29, 0.717) is 6.54 Å². The first-order valence-corrected chi connectivity index (χ1v) is 6.41. The summed E-state index contributed by atoms with van der Waals surface area (Å²) >= 11 is 0. The maximum atomic E-state index is 11.6. The van der Waals surface area contributed by atoms with E-state index in [2.05, 4.69) is 5.32 Å². The van der Waals surface area contributed by atoms with Gasteiger partial charge < -0.3 is 10.5 Å². The molecule has 0 bridgehead atoms. The molecule has 104 valence electrons. The predicted molar refractivity (Wildman–Crippen MR) is 78.2 cm³/mol. The lowest BCUT2D eigenvalue weighted by molar-refractivity contribution is -0.120. The lowest BCUT2D eigenvalue weighted by Gasteiger charge is -2.16. The zero-order chi connectivity index (χ0) is 14.4. The normalized spacial score (nSPS) is 11.8. The minimum atomic E-state index is -0.498. The Hall–Kier alpha value is -2.33. The van der Waals surface area contributed by atoms with Gasteiger partial charge in [0.2, 0.25) is 5.91 Å². The first-order valence-electron chi connectivity index (χ1n) is 6.41. The van der Waals surface area contributed by atoms with Crippen molar-refractivity contribution >= 4 is 5.91 Å². The summed E-state index contributed by atoms with van der Waals surface area (Å²) in [5.74, 6) is 0.402. The molecule has 0 unspecified atom stereocenters. The molecular weight excluding hydrogens is 252 g/mol. The molecule has 0 saturated carbocycles. The van der Waals surface area contributed by atoms with Gasteiger partial charge in [-0.25, -0.2) is 0 Å². The smallest absolute Gasteiger partial charge is 0.239 e. The maximum absolute atomic E-state index is 11.6. The van der Waals surface area contributed by atoms with Crippen LogP contribution < -0.4 is 15.8 Å². The van der Waals surface area contributed by atoms with Crippen LogP contribution in [0.4, 0.5) is 0 Å². The summed E-state index contributed by atoms with van der Waals surface area (Å²) in [6.07, 6.45) is 0. The van der Waals surface area contributed by atoms with Gasteiger partial charge in [0.05, 0.1) is 7.11 Å². The summed E-state index contributed by atoms with van der Waals surface area (Å²) in [4.78, 5) is 11.6. The third-order valence-corrected chi connectivity index (χ3v) is 3.06. The molecule has 2 aromatic rings. The van der Waals surface area contributed by atoms with Gasteiger partial charge in [-0.15, -0.1) is 0 Å². The number of hydrogen-bond donors (Lipinski definition) is 2. The number of carbonyl (C=O) groups excluding carboxylic acids is 1. The molecule has 0 radical (unpaired) electrons. The van der Waals surface area contributed by atoms with Crippen LogP contribution >= 0.6 is 0 Å². The highest BCUT2D eigenvalue weighted by molar-refractivity contribution is 5.81. The van der Waals surface area contributed by atoms with Crippen molar-refractivity contribution in [3.05, 3.63) is 65.7 Å². The van der Waals surface area contributed by atoms with Crippen LogP contribution in [0.5, 0.6) is 5.75 Å². The molecule has 4 nitrogen and oxygen atoms in total. The van der Waals surface area contributed by atoms with E-state index < -0.39 is 6.04 Å². The van der Waals surface area contributed by atoms with Gasteiger partial charge in [0.1, 0.15) is 11.8 Å². The number of benzene rings is 2. The Morgan fingerprint density at radius 2 is 1.95 bits per heavy atom. The first-order chi connectivity index (χ1) is 9.70. The molecule has 0 aromatic heterocycles. The van der Waals surface area contributed by atoms with E-state index in [0.717, 1.165) is 16.9 Å². The number of nitrogens with two attached hydrogens (primary N) is 1. The number of rotatable bonds is 6. The van der Waals surface area contributed by atoms with Crippen molar-refractivity contribution in [2.24, 2.45) is 5.73 Å². The molecule has 0 heterocycles. The van der Waals surface area contributed by atoms with E-state index >= 15 is 0 Å². The summed E-state index contributed by atoms with van der Waals surface area (Å²) in [7, 11) is 1.63. The molecule has 0 aliphatic heterocycles. The third-order valence-electron chi connectivity index (χ3n) is 3.06. The Morgan fingerprint density at radius 1 is 1.20 bits per heavy atom. The zero-order valence-corrected chi connectivity index (χ0v) is 11.4. The van der Waals surface area contributed by atoms with Crippen molar-refractivity contribution in [3.8, 4) is 5.75 Å². The topological polar surface area (TPSA) is 64.3 Å². The SMILES string of the molecule is COc1cccc(CN[C@@H](C(N)=O)c2ccccc2)c1. The van der Waals surface area contributed by atoms with Crippen molar-refractivity contribution in [3.63, 3.8) is 0 Å². The van der Waals surface area contributed by atoms with Crippen LogP contribution in [0.2, 0.25) is 0 Å². The summed E-state index contributed by atoms with van der Waals surface area (Å²) < 4.78 is 5.17. The Kier molecular flexibility index (Phi) is 4.74. The highest BCUT2D eigenvalue weighted by Gasteiger charge is 2.16. The number of nitrogens with one attached hydrogen (secondary N) is 1. The fourth-order valence-electron chi connectivity index (χ4n) is 2.03. The van der Waals surface area contributed by atoms with Crippen molar-refractivity contribution < 1.29 is 9.53 Å². The largest absolute Gasteiger partial charge is 0.497 e. The van der Waals surface area contributed by atoms with Crippen molar-refractivity contribution in [1.29, 1.82) is 0 Å². The van der Waals surface area contributed by atoms with Crippen LogP contribution in [0.15, 0.2) is 54.6 Å². The summed E-state index contributed by atoms with van der Waals surface area (Å²) in [6.45, 7) is 0.541. The summed E-state index contributed by atoms with van der Waals surface area (Å²) in [5.41, 5.74) is 7.36. The molecule has 0 fully saturated rings. The Labute approximate surface area is 118 Å². The Morgan fingerprint density at radius 3 is 2.60 bits per heavy atom. The number of methoxy groups -OCH3 is 1. The van der Waals surface area contributed by atoms with E-state index in [-0.39, 0.29) is 5.91 Å². The summed E-state index contributed by atoms with van der Waals surface area (Å²) in [5, 5.41) is 3.17. The van der Waals surface area contributed by atoms with Crippen LogP contribution in [0.3, 0.4) is 0 Å². The van der Waals surface area contributed by atoms with E-state index in [1.807, 2.05) is 54.6 Å². The van der Waals surface area contributed by atoms with Gasteiger partial charge in [0.15, 0.2) is 0 Å². The first kappa shape index (κ1) is 14.1. The number of amides is 1. The minimum Gasteiger partial charge on any atom is -0.497 e. The molecule has 4 heteroatoms. The highest BCUT2D eigenvalue weighted by atomic mass is 16.5. The second kappa shape index (κ2) is 6.73. The minimum absolute atomic E-state index is 0.390. The molecule has 0 aliphatic carbocycles. The van der Waals surface area contributed by atoms with Gasteiger partial charge in [-0.05, 0) is 23.3 Å². The average molecular weight is 270 g/mol. The fourth-order valence-corrected chi connectivity index (χ4v) is 2.03. The molecule has 20 heavy (non-hydrogen) atoms. The van der Waals surface area contributed by atoms with Gasteiger partial charge >= 0.3 is 0 Å². The lowest BCUT2D eigenvalue weighted by atomic mass is 10.1. The molecule has 1 amide bonds. The molecule has 2 rings (SSSR count). The van der Waals surface area contributed by atoms with E-state index in [4.69, 9.17) is 10.5 Å². The monoisotopic (exact) mass is 270 g/mol. The van der Waals surface area contributed by atoms with E-state index in [1.165, 1.54) is 0 Å². The molecule has 0 saturated heterocycles. The second-order valence-corrected chi connectivity index (χ2v) is 4.48. The van der Waals surface area contributed by atoms with Gasteiger partial charge in [0.25, 0.3) is 0 Å². The van der Waals surface area contributed by atoms with Gasteiger partial charge in [-0.3, -0.25) is 10.1 Å². The van der Waals surface area contributed by atoms with Crippen molar-refractivity contribution in [2.45, 2.75) is 12.6 Å². The van der Waals surface area contributed by atoms with Crippen LogP contribution in [-0.4, -0.2) is 13.0 Å². The predicted octanol–water partition coefficient (Wildman–Crippen LogP) is 2.01. The third kappa shape index (κ3) is 3.59. The van der Waals surface area contributed by atoms with E-state index in [1.54, 1.807) is 7.11 Å². The van der Waals surface area contributed by atoms with Crippen LogP contribution in [0.1, 0.15) is 17.2 Å². The Balaban J connectivity index is 2.08. The maximum Gasteiger partial charge on any atom is 0.239 e. The zero-order valence-electron chi connectivity index (χ0n) is 11.4. The van der Waals surface area contributed by atoms with Crippen molar-refractivity contribution in [2.75, 3.05) is 7.11 Å². The molecule has 0 aliphatic rings. The number of ether oxygens (including phenoxy) is 1. The quantitative estimate of drug-likeness (QED) is 0.844. The van der Waals surface area contributed by atoms with Crippen molar-refractivity contribution in [1.82, 2.24) is 5.32 Å². The van der Waals surface area contributed by atoms with Gasteiger partial charge in [-0.1, -0.05) is 42.5 Å². The number of carbonyl (C=O) groups is 1. The van der Waals surface area contributed by atoms with Crippen LogP contribution in [0.25, 0.3) is 0 Å². The Bertz CT molecular complexity index is 570. The van der Waals surface area contributed by atoms with Gasteiger partial charge in [-0.2, -0.15) is 0 Å². The lowest BCUT2D eigenvalue weighted by Crippen LogP contribution is -2.33. The van der Waals surface area contributed by atoms with E-state index in [9.17, 15) is 4.79 Å². The summed E-state index contributed by atoms with van der Waals surface area (Å²) in [6, 6.07) is 16.6. The van der Waals surface area contributed by atoms with Gasteiger partial charge in [0, 0.05) is 6.54 Å². The highest BCUT2D eigenvalue weighted by Crippen LogP contribution is 2.15.